The highest BCUT2D eigenvalue weighted by Crippen LogP contribution is 2.23. The molecule has 202 valence electrons. The number of ether oxygens (including phenoxy) is 2. The molecule has 0 radical (unpaired) electrons. The van der Waals surface area contributed by atoms with Crippen molar-refractivity contribution in [2.24, 2.45) is 5.92 Å². The second kappa shape index (κ2) is 12.5. The number of hydrogen-bond donors (Lipinski definition) is 1. The van der Waals surface area contributed by atoms with E-state index in [2.05, 4.69) is 9.97 Å². The van der Waals surface area contributed by atoms with Crippen LogP contribution in [0.2, 0.25) is 0 Å². The van der Waals surface area contributed by atoms with Gasteiger partial charge in [0.25, 0.3) is 0 Å². The van der Waals surface area contributed by atoms with Gasteiger partial charge in [0.15, 0.2) is 0 Å². The Kier molecular flexibility index (Phi) is 9.99. The smallest absolute Gasteiger partial charge is 0.419 e. The van der Waals surface area contributed by atoms with Crippen LogP contribution in [-0.2, 0) is 14.3 Å². The molecule has 2 heterocycles. The molecule has 1 N–H and O–H groups in total. The van der Waals surface area contributed by atoms with E-state index in [0.29, 0.717) is 18.7 Å². The van der Waals surface area contributed by atoms with Crippen LogP contribution in [0, 0.1) is 5.92 Å². The average molecular weight is 515 g/mol. The van der Waals surface area contributed by atoms with Gasteiger partial charge in [-0.05, 0) is 72.4 Å². The summed E-state index contributed by atoms with van der Waals surface area (Å²) in [5, 5.41) is 9.87. The molecule has 0 saturated carbocycles. The topological polar surface area (TPSA) is 124 Å². The number of rotatable bonds is 9. The van der Waals surface area contributed by atoms with Crippen molar-refractivity contribution in [3.05, 3.63) is 48.7 Å². The van der Waals surface area contributed by atoms with Crippen LogP contribution in [0.15, 0.2) is 43.0 Å². The van der Waals surface area contributed by atoms with E-state index in [1.54, 1.807) is 76.7 Å². The summed E-state index contributed by atoms with van der Waals surface area (Å²) in [7, 11) is 0. The van der Waals surface area contributed by atoms with Crippen LogP contribution in [0.5, 0.6) is 0 Å². The first-order valence-electron chi connectivity index (χ1n) is 12.3. The van der Waals surface area contributed by atoms with Gasteiger partial charge in [-0.1, -0.05) is 25.5 Å². The molecule has 1 atom stereocenters. The standard InChI is InChI=1S/C27H38N4O6/c1-8-11-19(16-31(24(34)36-26(2,3)4)25(35)37-27(5,6)7)13-14-20(23(32)33)21-17-30(18-29-21)22-12-9-10-15-28-22/h9-10,12,14-15,17-19H,8,11,13,16H2,1-7H3,(H,32,33)/t19-/m1/s1. The van der Waals surface area contributed by atoms with Gasteiger partial charge in [-0.25, -0.2) is 29.3 Å². The largest absolute Gasteiger partial charge is 0.478 e. The number of carboxylic acids is 1. The highest BCUT2D eigenvalue weighted by Gasteiger charge is 2.32. The van der Waals surface area contributed by atoms with Gasteiger partial charge in [0.2, 0.25) is 0 Å². The van der Waals surface area contributed by atoms with Gasteiger partial charge in [0.1, 0.15) is 23.3 Å². The Bertz CT molecular complexity index is 1070. The van der Waals surface area contributed by atoms with E-state index < -0.39 is 29.4 Å². The number of aromatic nitrogens is 3. The predicted octanol–water partition coefficient (Wildman–Crippen LogP) is 5.71. The summed E-state index contributed by atoms with van der Waals surface area (Å²) in [5.41, 5.74) is -1.30. The maximum Gasteiger partial charge on any atom is 0.419 e. The van der Waals surface area contributed by atoms with Crippen LogP contribution < -0.4 is 0 Å². The van der Waals surface area contributed by atoms with Crippen molar-refractivity contribution < 1.29 is 29.0 Å². The fraction of sp³-hybridized carbons (Fsp3) is 0.519. The first-order chi connectivity index (χ1) is 17.2. The number of nitrogens with zero attached hydrogens (tertiary/aromatic N) is 4. The molecule has 37 heavy (non-hydrogen) atoms. The average Bonchev–Trinajstić information content (AvgIpc) is 3.25. The zero-order chi connectivity index (χ0) is 27.8. The number of pyridine rings is 1. The maximum absolute atomic E-state index is 12.9. The third-order valence-corrected chi connectivity index (χ3v) is 5.02. The molecule has 0 aliphatic rings. The molecule has 0 aromatic carbocycles. The Morgan fingerprint density at radius 2 is 1.68 bits per heavy atom. The van der Waals surface area contributed by atoms with Crippen LogP contribution >= 0.6 is 0 Å². The van der Waals surface area contributed by atoms with Gasteiger partial charge in [0, 0.05) is 18.9 Å². The number of carbonyl (C=O) groups is 3. The molecule has 0 bridgehead atoms. The van der Waals surface area contributed by atoms with Gasteiger partial charge in [-0.2, -0.15) is 0 Å². The normalized spacial score (nSPS) is 13.1. The lowest BCUT2D eigenvalue weighted by Crippen LogP contribution is -2.45. The molecule has 2 amide bonds. The number of allylic oxidation sites excluding steroid dienone is 1. The number of imidazole rings is 1. The molecule has 2 aromatic heterocycles. The zero-order valence-corrected chi connectivity index (χ0v) is 22.7. The number of hydrogen-bond acceptors (Lipinski definition) is 7. The lowest BCUT2D eigenvalue weighted by atomic mass is 9.97. The molecule has 0 aliphatic heterocycles. The second-order valence-electron chi connectivity index (χ2n) is 10.7. The van der Waals surface area contributed by atoms with Crippen molar-refractivity contribution in [1.82, 2.24) is 19.4 Å². The molecule has 0 saturated heterocycles. The van der Waals surface area contributed by atoms with E-state index in [1.165, 1.54) is 6.33 Å². The molecule has 10 heteroatoms. The fourth-order valence-electron chi connectivity index (χ4n) is 3.49. The van der Waals surface area contributed by atoms with Crippen LogP contribution in [0.4, 0.5) is 9.59 Å². The van der Waals surface area contributed by atoms with Crippen molar-refractivity contribution in [3.8, 4) is 5.82 Å². The van der Waals surface area contributed by atoms with E-state index in [4.69, 9.17) is 9.47 Å². The Morgan fingerprint density at radius 1 is 1.05 bits per heavy atom. The predicted molar refractivity (Wildman–Crippen MR) is 139 cm³/mol. The molecule has 0 spiro atoms. The van der Waals surface area contributed by atoms with E-state index in [9.17, 15) is 19.5 Å². The number of aliphatic carboxylic acids is 1. The molecule has 2 aromatic rings. The van der Waals surface area contributed by atoms with Crippen molar-refractivity contribution in [1.29, 1.82) is 0 Å². The Hall–Kier alpha value is -3.69. The van der Waals surface area contributed by atoms with Gasteiger partial charge in [-0.3, -0.25) is 4.57 Å². The lowest BCUT2D eigenvalue weighted by Gasteiger charge is -2.30. The minimum Gasteiger partial charge on any atom is -0.478 e. The van der Waals surface area contributed by atoms with Crippen molar-refractivity contribution >= 4 is 23.7 Å². The second-order valence-corrected chi connectivity index (χ2v) is 10.7. The molecule has 0 aliphatic carbocycles. The SMILES string of the molecule is CCC[C@H](CC=C(C(=O)O)c1cn(-c2ccccn2)cn1)CN(C(=O)OC(C)(C)C)C(=O)OC(C)(C)C. The number of amides is 2. The third kappa shape index (κ3) is 9.70. The van der Waals surface area contributed by atoms with Crippen molar-refractivity contribution in [2.45, 2.75) is 78.9 Å². The summed E-state index contributed by atoms with van der Waals surface area (Å²) in [5.74, 6) is -0.741. The minimum atomic E-state index is -1.13. The van der Waals surface area contributed by atoms with E-state index in [-0.39, 0.29) is 23.7 Å². The summed E-state index contributed by atoms with van der Waals surface area (Å²) in [6.45, 7) is 12.3. The lowest BCUT2D eigenvalue weighted by molar-refractivity contribution is -0.130. The molecule has 10 nitrogen and oxygen atoms in total. The van der Waals surface area contributed by atoms with Crippen molar-refractivity contribution in [2.75, 3.05) is 6.54 Å². The summed E-state index contributed by atoms with van der Waals surface area (Å²) < 4.78 is 12.5. The molecular formula is C27H38N4O6. The third-order valence-electron chi connectivity index (χ3n) is 5.02. The summed E-state index contributed by atoms with van der Waals surface area (Å²) in [6.07, 6.45) is 6.43. The maximum atomic E-state index is 12.9. The van der Waals surface area contributed by atoms with Gasteiger partial charge in [0.05, 0.1) is 11.3 Å². The van der Waals surface area contributed by atoms with Crippen LogP contribution in [0.1, 0.15) is 73.4 Å². The Labute approximate surface area is 218 Å². The van der Waals surface area contributed by atoms with Crippen molar-refractivity contribution in [3.63, 3.8) is 0 Å². The van der Waals surface area contributed by atoms with E-state index in [0.717, 1.165) is 11.3 Å². The monoisotopic (exact) mass is 514 g/mol. The summed E-state index contributed by atoms with van der Waals surface area (Å²) in [6, 6.07) is 5.40. The Morgan fingerprint density at radius 3 is 2.16 bits per heavy atom. The zero-order valence-electron chi connectivity index (χ0n) is 22.7. The fourth-order valence-corrected chi connectivity index (χ4v) is 3.49. The van der Waals surface area contributed by atoms with Crippen LogP contribution in [0.3, 0.4) is 0 Å². The highest BCUT2D eigenvalue weighted by atomic mass is 16.6. The molecule has 0 fully saturated rings. The number of carbonyl (C=O) groups excluding carboxylic acids is 2. The molecular weight excluding hydrogens is 476 g/mol. The Balaban J connectivity index is 2.30. The molecule has 0 unspecified atom stereocenters. The van der Waals surface area contributed by atoms with Crippen LogP contribution in [-0.4, -0.2) is 60.4 Å². The van der Waals surface area contributed by atoms with Gasteiger partial charge in [-0.15, -0.1) is 0 Å². The highest BCUT2D eigenvalue weighted by molar-refractivity contribution is 6.14. The van der Waals surface area contributed by atoms with Crippen LogP contribution in [0.25, 0.3) is 11.4 Å². The van der Waals surface area contributed by atoms with E-state index in [1.807, 2.05) is 13.0 Å². The van der Waals surface area contributed by atoms with Gasteiger partial charge >= 0.3 is 18.2 Å². The first-order valence-corrected chi connectivity index (χ1v) is 12.3. The minimum absolute atomic E-state index is 0.0173. The summed E-state index contributed by atoms with van der Waals surface area (Å²) in [4.78, 5) is 47.3. The number of imide groups is 1. The van der Waals surface area contributed by atoms with Gasteiger partial charge < -0.3 is 14.6 Å². The number of carboxylic acid groups (broad SMARTS) is 1. The first kappa shape index (κ1) is 29.5. The van der Waals surface area contributed by atoms with E-state index >= 15 is 0 Å². The summed E-state index contributed by atoms with van der Waals surface area (Å²) >= 11 is 0. The quantitative estimate of drug-likeness (QED) is 0.422. The molecule has 2 rings (SSSR count).